The topological polar surface area (TPSA) is 62.8 Å². The van der Waals surface area contributed by atoms with E-state index in [4.69, 9.17) is 9.15 Å². The number of aliphatic hydroxyl groups excluding tert-OH is 1. The molecule has 2 N–H and O–H groups in total. The van der Waals surface area contributed by atoms with Crippen LogP contribution in [0, 0.1) is 22.7 Å². The summed E-state index contributed by atoms with van der Waals surface area (Å²) in [7, 11) is 0. The molecule has 1 aromatic rings. The molecule has 0 aromatic carbocycles. The van der Waals surface area contributed by atoms with Crippen molar-refractivity contribution < 1.29 is 19.4 Å². The van der Waals surface area contributed by atoms with E-state index in [0.29, 0.717) is 24.9 Å². The van der Waals surface area contributed by atoms with Crippen molar-refractivity contribution in [3.63, 3.8) is 0 Å². The van der Waals surface area contributed by atoms with Crippen LogP contribution in [0.25, 0.3) is 5.76 Å². The highest BCUT2D eigenvalue weighted by Gasteiger charge is 2.64. The molecule has 1 aliphatic heterocycles. The molecule has 132 valence electrons. The molecular formula is C20H28O4. The summed E-state index contributed by atoms with van der Waals surface area (Å²) < 4.78 is 11.3. The summed E-state index contributed by atoms with van der Waals surface area (Å²) in [6, 6.07) is 1.93. The highest BCUT2D eigenvalue weighted by Crippen LogP contribution is 2.65. The first-order valence-electron chi connectivity index (χ1n) is 9.10. The van der Waals surface area contributed by atoms with Crippen LogP contribution in [0.3, 0.4) is 0 Å². The van der Waals surface area contributed by atoms with Crippen molar-refractivity contribution in [2.45, 2.75) is 58.2 Å². The Morgan fingerprint density at radius 1 is 1.21 bits per heavy atom. The van der Waals surface area contributed by atoms with Gasteiger partial charge in [0.15, 0.2) is 0 Å². The van der Waals surface area contributed by atoms with Crippen molar-refractivity contribution >= 4 is 5.76 Å². The highest BCUT2D eigenvalue weighted by molar-refractivity contribution is 5.61. The molecule has 4 nitrogen and oxygen atoms in total. The summed E-state index contributed by atoms with van der Waals surface area (Å²) in [5, 5.41) is 21.6. The molecule has 4 heteroatoms. The lowest BCUT2D eigenvalue weighted by Gasteiger charge is -2.62. The van der Waals surface area contributed by atoms with E-state index in [0.717, 1.165) is 30.6 Å². The van der Waals surface area contributed by atoms with Gasteiger partial charge in [-0.3, -0.25) is 0 Å². The largest absolute Gasteiger partial charge is 0.492 e. The van der Waals surface area contributed by atoms with Gasteiger partial charge in [0.25, 0.3) is 0 Å². The van der Waals surface area contributed by atoms with Crippen LogP contribution in [0.4, 0.5) is 0 Å². The zero-order chi connectivity index (χ0) is 17.2. The standard InChI is InChI=1S/C20H28O4/c1-13-6-8-18(2)16(4-5-17(21)19(18,3)22)20(13)10-15(24-12-20)14-7-9-23-11-14/h7,9-11,13,16-17,21-22H,4-6,8,12H2,1-3H3/t13-,16?,17-,18-,19+,20-/m1/s1. The van der Waals surface area contributed by atoms with Gasteiger partial charge >= 0.3 is 0 Å². The minimum absolute atomic E-state index is 0.0796. The first-order valence-corrected chi connectivity index (χ1v) is 9.10. The zero-order valence-corrected chi connectivity index (χ0v) is 14.8. The van der Waals surface area contributed by atoms with Crippen molar-refractivity contribution in [3.05, 3.63) is 30.2 Å². The molecule has 1 spiro atoms. The lowest BCUT2D eigenvalue weighted by molar-refractivity contribution is -0.230. The van der Waals surface area contributed by atoms with Crippen molar-refractivity contribution in [2.24, 2.45) is 22.7 Å². The number of ether oxygens (including phenoxy) is 1. The van der Waals surface area contributed by atoms with Gasteiger partial charge in [-0.25, -0.2) is 0 Å². The van der Waals surface area contributed by atoms with Gasteiger partial charge in [0.05, 0.1) is 30.1 Å². The van der Waals surface area contributed by atoms with E-state index in [9.17, 15) is 10.2 Å². The SMILES string of the molecule is C[C@@H]1CC[C@]2(C)C(CC[C@@H](O)[C@]2(C)O)[C@@]12C=C(c1ccoc1)OC2. The molecule has 1 aromatic heterocycles. The van der Waals surface area contributed by atoms with Gasteiger partial charge < -0.3 is 19.4 Å². The van der Waals surface area contributed by atoms with Gasteiger partial charge in [-0.15, -0.1) is 0 Å². The maximum atomic E-state index is 11.2. The van der Waals surface area contributed by atoms with Crippen molar-refractivity contribution in [1.29, 1.82) is 0 Å². The summed E-state index contributed by atoms with van der Waals surface area (Å²) in [4.78, 5) is 0. The summed E-state index contributed by atoms with van der Waals surface area (Å²) in [5.41, 5.74) is -0.462. The lowest BCUT2D eigenvalue weighted by atomic mass is 9.44. The number of hydrogen-bond acceptors (Lipinski definition) is 4. The Balaban J connectivity index is 1.78. The van der Waals surface area contributed by atoms with E-state index in [1.807, 2.05) is 13.0 Å². The minimum Gasteiger partial charge on any atom is -0.492 e. The lowest BCUT2D eigenvalue weighted by Crippen LogP contribution is -2.65. The first-order chi connectivity index (χ1) is 11.3. The van der Waals surface area contributed by atoms with Crippen LogP contribution in [-0.2, 0) is 4.74 Å². The summed E-state index contributed by atoms with van der Waals surface area (Å²) in [5.74, 6) is 1.69. The fourth-order valence-electron chi connectivity index (χ4n) is 5.66. The van der Waals surface area contributed by atoms with Gasteiger partial charge in [-0.2, -0.15) is 0 Å². The Kier molecular flexibility index (Phi) is 3.46. The van der Waals surface area contributed by atoms with Gasteiger partial charge in [-0.1, -0.05) is 13.8 Å². The van der Waals surface area contributed by atoms with Crippen LogP contribution in [0.5, 0.6) is 0 Å². The Labute approximate surface area is 143 Å². The highest BCUT2D eigenvalue weighted by atomic mass is 16.5. The number of furan rings is 1. The number of rotatable bonds is 1. The first kappa shape index (κ1) is 16.2. The second-order valence-corrected chi connectivity index (χ2v) is 8.57. The quantitative estimate of drug-likeness (QED) is 0.825. The summed E-state index contributed by atoms with van der Waals surface area (Å²) in [6.45, 7) is 6.94. The van der Waals surface area contributed by atoms with Gasteiger partial charge in [0, 0.05) is 10.8 Å². The second-order valence-electron chi connectivity index (χ2n) is 8.57. The third-order valence-electron chi connectivity index (χ3n) is 7.65. The smallest absolute Gasteiger partial charge is 0.126 e. The molecule has 24 heavy (non-hydrogen) atoms. The fourth-order valence-corrected chi connectivity index (χ4v) is 5.66. The number of fused-ring (bicyclic) bond motifs is 2. The number of aliphatic hydroxyl groups is 2. The van der Waals surface area contributed by atoms with Gasteiger partial charge in [-0.05, 0) is 56.6 Å². The average molecular weight is 332 g/mol. The van der Waals surface area contributed by atoms with Crippen LogP contribution >= 0.6 is 0 Å². The molecule has 2 saturated carbocycles. The van der Waals surface area contributed by atoms with Gasteiger partial charge in [0.1, 0.15) is 12.0 Å². The second kappa shape index (κ2) is 5.12. The van der Waals surface area contributed by atoms with Crippen molar-refractivity contribution in [2.75, 3.05) is 6.61 Å². The van der Waals surface area contributed by atoms with E-state index in [1.165, 1.54) is 0 Å². The Bertz CT molecular complexity index is 647. The molecule has 0 bridgehead atoms. The predicted molar refractivity (Wildman–Crippen MR) is 90.9 cm³/mol. The molecule has 0 amide bonds. The van der Waals surface area contributed by atoms with Crippen molar-refractivity contribution in [3.8, 4) is 0 Å². The van der Waals surface area contributed by atoms with Gasteiger partial charge in [0.2, 0.25) is 0 Å². The molecule has 2 fully saturated rings. The predicted octanol–water partition coefficient (Wildman–Crippen LogP) is 3.60. The van der Waals surface area contributed by atoms with Crippen LogP contribution in [0.15, 0.2) is 29.1 Å². The van der Waals surface area contributed by atoms with E-state index < -0.39 is 11.7 Å². The molecule has 0 radical (unpaired) electrons. The van der Waals surface area contributed by atoms with Crippen LogP contribution in [0.1, 0.15) is 52.0 Å². The monoisotopic (exact) mass is 332 g/mol. The molecule has 4 rings (SSSR count). The van der Waals surface area contributed by atoms with E-state index in [-0.39, 0.29) is 10.8 Å². The molecule has 2 aliphatic carbocycles. The van der Waals surface area contributed by atoms with E-state index in [1.54, 1.807) is 12.5 Å². The van der Waals surface area contributed by atoms with Crippen LogP contribution in [-0.4, -0.2) is 28.5 Å². The third kappa shape index (κ3) is 1.93. The molecule has 6 atom stereocenters. The third-order valence-corrected chi connectivity index (χ3v) is 7.65. The minimum atomic E-state index is -1.06. The molecule has 3 aliphatic rings. The Hall–Kier alpha value is -1.26. The fraction of sp³-hybridized carbons (Fsp3) is 0.700. The number of hydrogen-bond donors (Lipinski definition) is 2. The zero-order valence-electron chi connectivity index (χ0n) is 14.8. The van der Waals surface area contributed by atoms with Crippen LogP contribution < -0.4 is 0 Å². The molecule has 2 heterocycles. The molecule has 1 unspecified atom stereocenters. The summed E-state index contributed by atoms with van der Waals surface area (Å²) in [6.07, 6.45) is 8.59. The van der Waals surface area contributed by atoms with Crippen LogP contribution in [0.2, 0.25) is 0 Å². The van der Waals surface area contributed by atoms with E-state index in [2.05, 4.69) is 19.9 Å². The maximum absolute atomic E-state index is 11.2. The maximum Gasteiger partial charge on any atom is 0.126 e. The normalized spacial score (nSPS) is 48.0. The van der Waals surface area contributed by atoms with Crippen molar-refractivity contribution in [1.82, 2.24) is 0 Å². The average Bonchev–Trinajstić information content (AvgIpc) is 3.20. The Morgan fingerprint density at radius 3 is 2.71 bits per heavy atom. The Morgan fingerprint density at radius 2 is 2.00 bits per heavy atom. The summed E-state index contributed by atoms with van der Waals surface area (Å²) >= 11 is 0. The van der Waals surface area contributed by atoms with E-state index >= 15 is 0 Å². The molecular weight excluding hydrogens is 304 g/mol. The molecule has 0 saturated heterocycles.